The second-order valence-corrected chi connectivity index (χ2v) is 8.64. The van der Waals surface area contributed by atoms with Crippen LogP contribution in [0, 0.1) is 0 Å². The van der Waals surface area contributed by atoms with Crippen LogP contribution < -0.4 is 4.74 Å². The Kier molecular flexibility index (Phi) is 11.2. The van der Waals surface area contributed by atoms with Gasteiger partial charge in [-0.3, -0.25) is 0 Å². The lowest BCUT2D eigenvalue weighted by Gasteiger charge is -2.13. The van der Waals surface area contributed by atoms with Crippen LogP contribution >= 0.6 is 0 Å². The van der Waals surface area contributed by atoms with Gasteiger partial charge in [0.15, 0.2) is 0 Å². The minimum Gasteiger partial charge on any atom is -0.462 e. The Balaban J connectivity index is 2.18. The summed E-state index contributed by atoms with van der Waals surface area (Å²) in [5.41, 5.74) is 3.55. The molecule has 0 heterocycles. The molecule has 200 valence electrons. The number of esters is 4. The fourth-order valence-electron chi connectivity index (χ4n) is 3.11. The van der Waals surface area contributed by atoms with Gasteiger partial charge in [0.2, 0.25) is 0 Å². The zero-order chi connectivity index (χ0) is 28.2. The van der Waals surface area contributed by atoms with Crippen LogP contribution in [0.2, 0.25) is 0 Å². The summed E-state index contributed by atoms with van der Waals surface area (Å²) in [5, 5.41) is 0. The van der Waals surface area contributed by atoms with E-state index in [0.29, 0.717) is 40.9 Å². The van der Waals surface area contributed by atoms with Crippen molar-refractivity contribution in [2.24, 2.45) is 0 Å². The topological polar surface area (TPSA) is 105 Å². The van der Waals surface area contributed by atoms with Gasteiger partial charge in [-0.15, -0.1) is 0 Å². The quantitative estimate of drug-likeness (QED) is 0.117. The number of ether oxygens (including phenoxy) is 4. The highest BCUT2D eigenvalue weighted by Crippen LogP contribution is 2.26. The summed E-state index contributed by atoms with van der Waals surface area (Å²) in [5.74, 6) is -1.73. The zero-order valence-corrected chi connectivity index (χ0v) is 22.0. The minimum atomic E-state index is -0.570. The fraction of sp³-hybridized carbons (Fsp3) is 0.267. The maximum atomic E-state index is 12.8. The fourth-order valence-corrected chi connectivity index (χ4v) is 3.11. The highest BCUT2D eigenvalue weighted by molar-refractivity contribution is 5.92. The molecule has 0 atom stereocenters. The Bertz CT molecular complexity index is 1240. The second kappa shape index (κ2) is 14.3. The lowest BCUT2D eigenvalue weighted by atomic mass is 9.96. The van der Waals surface area contributed by atoms with Gasteiger partial charge in [-0.25, -0.2) is 19.2 Å². The molecule has 0 aromatic heterocycles. The summed E-state index contributed by atoms with van der Waals surface area (Å²) >= 11 is 0. The monoisotopic (exact) mass is 520 g/mol. The summed E-state index contributed by atoms with van der Waals surface area (Å²) in [4.78, 5) is 47.7. The molecule has 0 aliphatic rings. The van der Waals surface area contributed by atoms with Crippen LogP contribution in [-0.4, -0.2) is 43.7 Å². The molecule has 0 saturated heterocycles. The molecule has 0 unspecified atom stereocenters. The molecule has 8 nitrogen and oxygen atoms in total. The summed E-state index contributed by atoms with van der Waals surface area (Å²) in [6.07, 6.45) is 0.898. The van der Waals surface area contributed by atoms with E-state index in [1.54, 1.807) is 50.2 Å². The summed E-state index contributed by atoms with van der Waals surface area (Å²) < 4.78 is 20.7. The average molecular weight is 521 g/mol. The molecular formula is C30H32O8. The molecule has 0 radical (unpaired) electrons. The lowest BCUT2D eigenvalue weighted by Crippen LogP contribution is -2.15. The number of hydrogen-bond acceptors (Lipinski definition) is 8. The number of hydrogen-bond donors (Lipinski definition) is 0. The zero-order valence-electron chi connectivity index (χ0n) is 22.0. The molecule has 0 aliphatic heterocycles. The highest BCUT2D eigenvalue weighted by atomic mass is 16.6. The molecule has 2 rings (SSSR count). The number of carbonyl (C=O) groups excluding carboxylic acids is 4. The molecule has 0 aliphatic carbocycles. The number of benzene rings is 2. The Morgan fingerprint density at radius 1 is 0.658 bits per heavy atom. The van der Waals surface area contributed by atoms with Gasteiger partial charge in [0.1, 0.15) is 19.0 Å². The number of carbonyl (C=O) groups is 4. The van der Waals surface area contributed by atoms with Crippen molar-refractivity contribution < 1.29 is 38.1 Å². The van der Waals surface area contributed by atoms with Crippen molar-refractivity contribution in [2.45, 2.75) is 33.6 Å². The largest absolute Gasteiger partial charge is 0.462 e. The van der Waals surface area contributed by atoms with Gasteiger partial charge in [0, 0.05) is 16.7 Å². The van der Waals surface area contributed by atoms with E-state index in [1.807, 2.05) is 6.07 Å². The van der Waals surface area contributed by atoms with Crippen molar-refractivity contribution in [3.63, 3.8) is 0 Å². The lowest BCUT2D eigenvalue weighted by molar-refractivity contribution is -0.140. The Morgan fingerprint density at radius 3 is 1.76 bits per heavy atom. The van der Waals surface area contributed by atoms with Gasteiger partial charge in [-0.1, -0.05) is 44.0 Å². The Morgan fingerprint density at radius 2 is 1.18 bits per heavy atom. The van der Waals surface area contributed by atoms with Crippen LogP contribution in [0.5, 0.6) is 5.75 Å². The van der Waals surface area contributed by atoms with Crippen molar-refractivity contribution in [3.8, 4) is 16.9 Å². The minimum absolute atomic E-state index is 0.0932. The van der Waals surface area contributed by atoms with E-state index in [4.69, 9.17) is 18.9 Å². The predicted molar refractivity (Wildman–Crippen MR) is 142 cm³/mol. The molecule has 2 aromatic rings. The molecule has 0 saturated carbocycles. The van der Waals surface area contributed by atoms with Gasteiger partial charge < -0.3 is 18.9 Å². The highest BCUT2D eigenvalue weighted by Gasteiger charge is 2.16. The molecule has 8 heteroatoms. The van der Waals surface area contributed by atoms with E-state index >= 15 is 0 Å². The number of aryl methyl sites for hydroxylation is 1. The van der Waals surface area contributed by atoms with E-state index in [1.165, 1.54) is 6.92 Å². The number of rotatable bonds is 13. The van der Waals surface area contributed by atoms with E-state index in [9.17, 15) is 19.2 Å². The van der Waals surface area contributed by atoms with Gasteiger partial charge in [-0.2, -0.15) is 0 Å². The second-order valence-electron chi connectivity index (χ2n) is 8.64. The Labute approximate surface area is 222 Å². The molecule has 0 bridgehead atoms. The van der Waals surface area contributed by atoms with Crippen LogP contribution in [0.4, 0.5) is 0 Å². The van der Waals surface area contributed by atoms with E-state index in [0.717, 1.165) is 11.1 Å². The molecule has 0 N–H and O–H groups in total. The summed E-state index contributed by atoms with van der Waals surface area (Å²) in [6.45, 7) is 15.2. The normalized spacial score (nSPS) is 10.2. The Hall–Kier alpha value is -4.46. The van der Waals surface area contributed by atoms with Crippen LogP contribution in [0.25, 0.3) is 11.1 Å². The van der Waals surface area contributed by atoms with Gasteiger partial charge in [-0.05, 0) is 68.5 Å². The standard InChI is InChI=1S/C30H32O8/c1-19(2)27(31)35-15-7-8-24-18-23(22-9-12-25(13-10-22)38-29(33)21(5)6)11-14-26(24)30(34)37-17-16-36-28(32)20(3)4/h9-14,18H,1,3,5,7-8,15-17H2,2,4,6H3. The SMILES string of the molecule is C=C(C)C(=O)OCCCc1cc(-c2ccc(OC(=O)C(=C)C)cc2)ccc1C(=O)OCCOC(=O)C(=C)C. The van der Waals surface area contributed by atoms with E-state index in [2.05, 4.69) is 19.7 Å². The van der Waals surface area contributed by atoms with E-state index in [-0.39, 0.29) is 25.4 Å². The molecule has 0 spiro atoms. The smallest absolute Gasteiger partial charge is 0.338 e. The van der Waals surface area contributed by atoms with Crippen LogP contribution in [0.15, 0.2) is 78.9 Å². The molecule has 0 fully saturated rings. The third-order valence-corrected chi connectivity index (χ3v) is 5.14. The van der Waals surface area contributed by atoms with Crippen LogP contribution in [0.1, 0.15) is 43.1 Å². The van der Waals surface area contributed by atoms with Crippen molar-refractivity contribution in [1.29, 1.82) is 0 Å². The summed E-state index contributed by atoms with van der Waals surface area (Å²) in [6, 6.07) is 12.2. The van der Waals surface area contributed by atoms with Gasteiger partial charge >= 0.3 is 23.9 Å². The first-order valence-corrected chi connectivity index (χ1v) is 11.9. The van der Waals surface area contributed by atoms with Crippen molar-refractivity contribution >= 4 is 23.9 Å². The third-order valence-electron chi connectivity index (χ3n) is 5.14. The van der Waals surface area contributed by atoms with Crippen molar-refractivity contribution in [1.82, 2.24) is 0 Å². The first kappa shape index (κ1) is 29.8. The van der Waals surface area contributed by atoms with Crippen molar-refractivity contribution in [2.75, 3.05) is 19.8 Å². The average Bonchev–Trinajstić information content (AvgIpc) is 2.88. The third kappa shape index (κ3) is 9.20. The molecule has 38 heavy (non-hydrogen) atoms. The summed E-state index contributed by atoms with van der Waals surface area (Å²) in [7, 11) is 0. The van der Waals surface area contributed by atoms with E-state index < -0.39 is 23.9 Å². The molecule has 2 aromatic carbocycles. The van der Waals surface area contributed by atoms with Crippen LogP contribution in [-0.2, 0) is 35.0 Å². The first-order valence-electron chi connectivity index (χ1n) is 11.9. The predicted octanol–water partition coefficient (Wildman–Crippen LogP) is 5.16. The molecule has 0 amide bonds. The van der Waals surface area contributed by atoms with Gasteiger partial charge in [0.25, 0.3) is 0 Å². The maximum Gasteiger partial charge on any atom is 0.338 e. The maximum absolute atomic E-state index is 12.8. The molecular weight excluding hydrogens is 488 g/mol. The van der Waals surface area contributed by atoms with Gasteiger partial charge in [0.05, 0.1) is 12.2 Å². The van der Waals surface area contributed by atoms with Crippen molar-refractivity contribution in [3.05, 3.63) is 90.0 Å². The van der Waals surface area contributed by atoms with Crippen LogP contribution in [0.3, 0.4) is 0 Å². The first-order chi connectivity index (χ1) is 18.0.